The van der Waals surface area contributed by atoms with E-state index in [1.165, 1.54) is 6.07 Å². The van der Waals surface area contributed by atoms with Gasteiger partial charge in [-0.15, -0.1) is 0 Å². The van der Waals surface area contributed by atoms with Gasteiger partial charge in [0.05, 0.1) is 12.2 Å². The highest BCUT2D eigenvalue weighted by molar-refractivity contribution is 6.18. The molecule has 128 valence electrons. The van der Waals surface area contributed by atoms with Crippen LogP contribution in [0.5, 0.6) is 5.75 Å². The Labute approximate surface area is 141 Å². The third-order valence-electron chi connectivity index (χ3n) is 3.66. The van der Waals surface area contributed by atoms with Crippen molar-refractivity contribution in [2.24, 2.45) is 0 Å². The molecule has 0 N–H and O–H groups in total. The predicted octanol–water partition coefficient (Wildman–Crippen LogP) is 2.39. The maximum absolute atomic E-state index is 12.7. The minimum atomic E-state index is -0.372. The molecule has 0 unspecified atom stereocenters. The van der Waals surface area contributed by atoms with Crippen molar-refractivity contribution in [2.75, 3.05) is 25.5 Å². The number of carbonyl (C=O) groups is 3. The summed E-state index contributed by atoms with van der Waals surface area (Å²) in [6, 6.07) is 4.80. The molecule has 0 atom stereocenters. The number of amides is 1. The molecule has 0 fully saturated rings. The number of nitrogens with zero attached hydrogens (tertiary/aromatic N) is 2. The second-order valence-corrected chi connectivity index (χ2v) is 5.79. The zero-order valence-electron chi connectivity index (χ0n) is 14.5. The molecule has 0 aromatic heterocycles. The van der Waals surface area contributed by atoms with E-state index in [2.05, 4.69) is 0 Å². The van der Waals surface area contributed by atoms with Crippen LogP contribution in [0.25, 0.3) is 0 Å². The average molecular weight is 330 g/mol. The van der Waals surface area contributed by atoms with Gasteiger partial charge in [-0.25, -0.2) is 0 Å². The maximum Gasteiger partial charge on any atom is 0.310 e. The van der Waals surface area contributed by atoms with Crippen molar-refractivity contribution in [3.63, 3.8) is 0 Å². The van der Waals surface area contributed by atoms with Crippen LogP contribution < -0.4 is 9.64 Å². The number of benzene rings is 1. The van der Waals surface area contributed by atoms with Crippen molar-refractivity contribution in [3.8, 4) is 5.75 Å². The molecule has 1 aromatic rings. The molecule has 0 radical (unpaired) electrons. The number of anilines is 1. The van der Waals surface area contributed by atoms with Crippen LogP contribution in [-0.4, -0.2) is 43.2 Å². The van der Waals surface area contributed by atoms with Crippen molar-refractivity contribution in [2.45, 2.75) is 26.7 Å². The molecule has 24 heavy (non-hydrogen) atoms. The van der Waals surface area contributed by atoms with E-state index in [9.17, 15) is 14.4 Å². The number of Topliss-reactive ketones (excluding diaryl/α,β-unsaturated/α-hetero) is 1. The first-order valence-corrected chi connectivity index (χ1v) is 7.94. The summed E-state index contributed by atoms with van der Waals surface area (Å²) in [6.45, 7) is 3.72. The predicted molar refractivity (Wildman–Crippen MR) is 91.1 cm³/mol. The smallest absolute Gasteiger partial charge is 0.310 e. The molecule has 0 spiro atoms. The number of esters is 1. The van der Waals surface area contributed by atoms with Crippen LogP contribution in [0.1, 0.15) is 37.0 Å². The Kier molecular flexibility index (Phi) is 5.39. The number of rotatable bonds is 4. The van der Waals surface area contributed by atoms with E-state index < -0.39 is 0 Å². The molecule has 1 aromatic carbocycles. The molecule has 0 saturated heterocycles. The van der Waals surface area contributed by atoms with E-state index in [-0.39, 0.29) is 30.6 Å². The van der Waals surface area contributed by atoms with Gasteiger partial charge in [-0.3, -0.25) is 14.4 Å². The second-order valence-electron chi connectivity index (χ2n) is 5.79. The normalized spacial score (nSPS) is 15.2. The monoisotopic (exact) mass is 330 g/mol. The molecule has 2 rings (SSSR count). The lowest BCUT2D eigenvalue weighted by atomic mass is 9.95. The third kappa shape index (κ3) is 3.64. The highest BCUT2D eigenvalue weighted by Gasteiger charge is 2.31. The lowest BCUT2D eigenvalue weighted by Gasteiger charge is -2.30. The summed E-state index contributed by atoms with van der Waals surface area (Å²) in [6.07, 6.45) is 2.30. The van der Waals surface area contributed by atoms with Gasteiger partial charge in [-0.1, -0.05) is 13.8 Å². The van der Waals surface area contributed by atoms with Gasteiger partial charge in [0.2, 0.25) is 5.91 Å². The summed E-state index contributed by atoms with van der Waals surface area (Å²) in [5, 5.41) is 0. The first kappa shape index (κ1) is 17.7. The summed E-state index contributed by atoms with van der Waals surface area (Å²) in [5.41, 5.74) is 1.45. The minimum Gasteiger partial charge on any atom is -0.427 e. The molecule has 1 aliphatic heterocycles. The molecule has 0 bridgehead atoms. The maximum atomic E-state index is 12.7. The van der Waals surface area contributed by atoms with Crippen molar-refractivity contribution in [1.82, 2.24) is 4.90 Å². The summed E-state index contributed by atoms with van der Waals surface area (Å²) in [5.74, 6) is -0.285. The Balaban J connectivity index is 2.50. The Morgan fingerprint density at radius 3 is 2.54 bits per heavy atom. The van der Waals surface area contributed by atoms with Gasteiger partial charge in [0.15, 0.2) is 5.78 Å². The van der Waals surface area contributed by atoms with E-state index in [0.29, 0.717) is 29.0 Å². The van der Waals surface area contributed by atoms with Crippen molar-refractivity contribution < 1.29 is 19.1 Å². The van der Waals surface area contributed by atoms with E-state index in [1.807, 2.05) is 14.1 Å². The van der Waals surface area contributed by atoms with Crippen LogP contribution >= 0.6 is 0 Å². The average Bonchev–Trinajstić information content (AvgIpc) is 2.56. The van der Waals surface area contributed by atoms with Crippen LogP contribution in [0.2, 0.25) is 0 Å². The van der Waals surface area contributed by atoms with Crippen LogP contribution in [-0.2, 0) is 9.59 Å². The van der Waals surface area contributed by atoms with Gasteiger partial charge in [0.1, 0.15) is 5.75 Å². The Bertz CT molecular complexity index is 707. The van der Waals surface area contributed by atoms with Gasteiger partial charge in [-0.05, 0) is 18.2 Å². The number of hydrogen-bond acceptors (Lipinski definition) is 5. The molecule has 0 aliphatic carbocycles. The Hall–Kier alpha value is -2.63. The van der Waals surface area contributed by atoms with Gasteiger partial charge in [0.25, 0.3) is 0 Å². The number of hydrogen-bond donors (Lipinski definition) is 0. The van der Waals surface area contributed by atoms with Gasteiger partial charge >= 0.3 is 5.97 Å². The molecular formula is C18H22N2O4. The first-order chi connectivity index (χ1) is 11.4. The van der Waals surface area contributed by atoms with Crippen molar-refractivity contribution in [1.29, 1.82) is 0 Å². The molecule has 1 aliphatic rings. The molecule has 1 amide bonds. The standard InChI is InChI=1S/C18H22N2O4/c1-5-16(21)20-11-12(10-19(3)4)18(23)14-9-13(7-8-15(14)20)24-17(22)6-2/h7-10H,5-6,11H2,1-4H3. The highest BCUT2D eigenvalue weighted by atomic mass is 16.5. The lowest BCUT2D eigenvalue weighted by Crippen LogP contribution is -2.39. The van der Waals surface area contributed by atoms with E-state index >= 15 is 0 Å². The third-order valence-corrected chi connectivity index (χ3v) is 3.66. The van der Waals surface area contributed by atoms with Gasteiger partial charge < -0.3 is 14.5 Å². The summed E-state index contributed by atoms with van der Waals surface area (Å²) >= 11 is 0. The zero-order valence-corrected chi connectivity index (χ0v) is 14.5. The van der Waals surface area contributed by atoms with Crippen molar-refractivity contribution in [3.05, 3.63) is 35.5 Å². The SMILES string of the molecule is CCC(=O)Oc1ccc2c(c1)C(=O)C(=CN(C)C)CN2C(=O)CC. The summed E-state index contributed by atoms with van der Waals surface area (Å²) in [4.78, 5) is 39.8. The quantitative estimate of drug-likeness (QED) is 0.482. The van der Waals surface area contributed by atoms with E-state index in [0.717, 1.165) is 0 Å². The Morgan fingerprint density at radius 1 is 1.25 bits per heavy atom. The highest BCUT2D eigenvalue weighted by Crippen LogP contribution is 2.33. The molecular weight excluding hydrogens is 308 g/mol. The fourth-order valence-corrected chi connectivity index (χ4v) is 2.52. The lowest BCUT2D eigenvalue weighted by molar-refractivity contribution is -0.134. The van der Waals surface area contributed by atoms with Crippen LogP contribution in [0.4, 0.5) is 5.69 Å². The fraction of sp³-hybridized carbons (Fsp3) is 0.389. The number of carbonyl (C=O) groups excluding carboxylic acids is 3. The zero-order chi connectivity index (χ0) is 17.9. The van der Waals surface area contributed by atoms with Crippen molar-refractivity contribution >= 4 is 23.3 Å². The van der Waals surface area contributed by atoms with Gasteiger partial charge in [0, 0.05) is 44.3 Å². The first-order valence-electron chi connectivity index (χ1n) is 7.94. The van der Waals surface area contributed by atoms with E-state index in [1.54, 1.807) is 42.0 Å². The molecule has 0 saturated carbocycles. The number of fused-ring (bicyclic) bond motifs is 1. The van der Waals surface area contributed by atoms with Gasteiger partial charge in [-0.2, -0.15) is 0 Å². The fourth-order valence-electron chi connectivity index (χ4n) is 2.52. The molecule has 1 heterocycles. The number of ketones is 1. The number of ether oxygens (including phenoxy) is 1. The van der Waals surface area contributed by atoms with Crippen LogP contribution in [0, 0.1) is 0 Å². The topological polar surface area (TPSA) is 66.9 Å². The summed E-state index contributed by atoms with van der Waals surface area (Å²) in [7, 11) is 3.64. The minimum absolute atomic E-state index is 0.0632. The molecule has 6 nitrogen and oxygen atoms in total. The van der Waals surface area contributed by atoms with Crippen LogP contribution in [0.3, 0.4) is 0 Å². The molecule has 6 heteroatoms. The largest absolute Gasteiger partial charge is 0.427 e. The van der Waals surface area contributed by atoms with Crippen LogP contribution in [0.15, 0.2) is 30.0 Å². The Morgan fingerprint density at radius 2 is 1.96 bits per heavy atom. The van der Waals surface area contributed by atoms with E-state index in [4.69, 9.17) is 4.74 Å². The summed E-state index contributed by atoms with van der Waals surface area (Å²) < 4.78 is 5.19. The second kappa shape index (κ2) is 7.29.